The molecule has 0 N–H and O–H groups in total. The van der Waals surface area contributed by atoms with E-state index in [2.05, 4.69) is 66.2 Å². The van der Waals surface area contributed by atoms with Crippen molar-refractivity contribution < 1.29 is 9.30 Å². The van der Waals surface area contributed by atoms with E-state index in [9.17, 15) is 0 Å². The average Bonchev–Trinajstić information content (AvgIpc) is 2.84. The van der Waals surface area contributed by atoms with Crippen LogP contribution in [0.2, 0.25) is 0 Å². The number of nitrogens with zero attached hydrogens (tertiary/aromatic N) is 1. The van der Waals surface area contributed by atoms with Gasteiger partial charge in [0.1, 0.15) is 17.5 Å². The molecule has 0 atom stereocenters. The van der Waals surface area contributed by atoms with Crippen molar-refractivity contribution in [3.05, 3.63) is 70.9 Å². The summed E-state index contributed by atoms with van der Waals surface area (Å²) >= 11 is 1.78. The van der Waals surface area contributed by atoms with Crippen molar-refractivity contribution in [3.63, 3.8) is 0 Å². The third kappa shape index (κ3) is 2.98. The summed E-state index contributed by atoms with van der Waals surface area (Å²) in [6, 6.07) is 18.8. The number of hydrogen-bond donors (Lipinski definition) is 0. The summed E-state index contributed by atoms with van der Waals surface area (Å²) in [6.07, 6.45) is 2.95. The van der Waals surface area contributed by atoms with E-state index >= 15 is 0 Å². The Morgan fingerprint density at radius 2 is 1.81 bits per heavy atom. The molecule has 0 bridgehead atoms. The third-order valence-corrected chi connectivity index (χ3v) is 4.71. The van der Waals surface area contributed by atoms with E-state index in [-0.39, 0.29) is 0 Å². The molecule has 21 heavy (non-hydrogen) atoms. The summed E-state index contributed by atoms with van der Waals surface area (Å²) in [7, 11) is 3.84. The molecule has 1 aromatic heterocycles. The maximum atomic E-state index is 5.56. The predicted molar refractivity (Wildman–Crippen MR) is 88.1 cm³/mol. The van der Waals surface area contributed by atoms with Crippen molar-refractivity contribution in [1.29, 1.82) is 0 Å². The van der Waals surface area contributed by atoms with Crippen molar-refractivity contribution in [2.75, 3.05) is 7.11 Å². The smallest absolute Gasteiger partial charge is 0.265 e. The van der Waals surface area contributed by atoms with Gasteiger partial charge in [-0.3, -0.25) is 0 Å². The minimum absolute atomic E-state index is 0.811. The molecule has 0 radical (unpaired) electrons. The zero-order valence-corrected chi connectivity index (χ0v) is 13.1. The fraction of sp³-hybridized carbons (Fsp3) is 0.167. The molecule has 0 aliphatic heterocycles. The lowest BCUT2D eigenvalue weighted by molar-refractivity contribution is -0.642. The van der Waals surface area contributed by atoms with Crippen LogP contribution in [0, 0.1) is 0 Å². The fourth-order valence-corrected chi connectivity index (χ4v) is 3.47. The summed E-state index contributed by atoms with van der Waals surface area (Å²) < 4.78 is 9.07. The van der Waals surface area contributed by atoms with Crippen LogP contribution in [0.3, 0.4) is 0 Å². The lowest BCUT2D eigenvalue weighted by atomic mass is 10.1. The Labute approximate surface area is 128 Å². The van der Waals surface area contributed by atoms with Crippen molar-refractivity contribution in [2.24, 2.45) is 7.05 Å². The normalized spacial score (nSPS) is 11.8. The molecule has 106 valence electrons. The van der Waals surface area contributed by atoms with Crippen LogP contribution < -0.4 is 4.57 Å². The van der Waals surface area contributed by atoms with Crippen molar-refractivity contribution in [3.8, 4) is 0 Å². The Balaban J connectivity index is 1.95. The first-order valence-electron chi connectivity index (χ1n) is 6.94. The van der Waals surface area contributed by atoms with E-state index in [1.165, 1.54) is 20.8 Å². The monoisotopic (exact) mass is 296 g/mol. The number of para-hydroxylation sites is 1. The van der Waals surface area contributed by atoms with Crippen molar-refractivity contribution in [2.45, 2.75) is 6.42 Å². The first-order valence-corrected chi connectivity index (χ1v) is 7.75. The molecule has 0 saturated carbocycles. The number of fused-ring (bicyclic) bond motifs is 1. The minimum Gasteiger partial charge on any atom is -0.500 e. The number of hydrogen-bond acceptors (Lipinski definition) is 2. The van der Waals surface area contributed by atoms with Crippen LogP contribution >= 0.6 is 11.3 Å². The van der Waals surface area contributed by atoms with E-state index in [0.29, 0.717) is 0 Å². The van der Waals surface area contributed by atoms with Gasteiger partial charge in [0, 0.05) is 12.5 Å². The number of thiazole rings is 1. The molecular formula is C18H18NOS+. The Bertz CT molecular complexity index is 774. The molecule has 0 unspecified atom stereocenters. The van der Waals surface area contributed by atoms with Gasteiger partial charge in [-0.1, -0.05) is 53.8 Å². The number of aryl methyl sites for hydroxylation is 1. The van der Waals surface area contributed by atoms with Gasteiger partial charge < -0.3 is 4.74 Å². The molecule has 1 heterocycles. The van der Waals surface area contributed by atoms with Gasteiger partial charge in [-0.25, -0.2) is 0 Å². The van der Waals surface area contributed by atoms with Gasteiger partial charge in [0.2, 0.25) is 5.52 Å². The standard InChI is InChI=1S/C18H18NOS/c1-19-16-10-6-7-11-17(16)21-18(19)13-15(20-2)12-14-8-4-3-5-9-14/h3-11,13H,12H2,1-2H3/q+1/b15-13-. The van der Waals surface area contributed by atoms with Gasteiger partial charge in [0.05, 0.1) is 13.2 Å². The molecular weight excluding hydrogens is 278 g/mol. The van der Waals surface area contributed by atoms with E-state index in [0.717, 1.165) is 12.2 Å². The van der Waals surface area contributed by atoms with Crippen molar-refractivity contribution >= 4 is 27.6 Å². The molecule has 0 fully saturated rings. The Kier molecular flexibility index (Phi) is 4.02. The summed E-state index contributed by atoms with van der Waals surface area (Å²) in [5.41, 5.74) is 2.51. The highest BCUT2D eigenvalue weighted by atomic mass is 32.1. The Hall–Kier alpha value is -2.13. The van der Waals surface area contributed by atoms with Crippen LogP contribution in [0.15, 0.2) is 60.4 Å². The van der Waals surface area contributed by atoms with Gasteiger partial charge in [0.25, 0.3) is 5.01 Å². The summed E-state index contributed by atoms with van der Waals surface area (Å²) in [5, 5.41) is 1.20. The highest BCUT2D eigenvalue weighted by molar-refractivity contribution is 7.18. The predicted octanol–water partition coefficient (Wildman–Crippen LogP) is 3.96. The summed E-state index contributed by atoms with van der Waals surface area (Å²) in [4.78, 5) is 0. The number of benzene rings is 2. The second-order valence-corrected chi connectivity index (χ2v) is 6.01. The molecule has 3 rings (SSSR count). The summed E-state index contributed by atoms with van der Waals surface area (Å²) in [5.74, 6) is 0.975. The lowest BCUT2D eigenvalue weighted by Gasteiger charge is -2.04. The van der Waals surface area contributed by atoms with Gasteiger partial charge in [-0.2, -0.15) is 4.57 Å². The van der Waals surface area contributed by atoms with Gasteiger partial charge in [-0.15, -0.1) is 0 Å². The van der Waals surface area contributed by atoms with E-state index < -0.39 is 0 Å². The van der Waals surface area contributed by atoms with Crippen LogP contribution in [-0.2, 0) is 18.2 Å². The highest BCUT2D eigenvalue weighted by Crippen LogP contribution is 2.22. The van der Waals surface area contributed by atoms with Gasteiger partial charge >= 0.3 is 0 Å². The maximum Gasteiger partial charge on any atom is 0.265 e. The van der Waals surface area contributed by atoms with Gasteiger partial charge in [-0.05, 0) is 11.6 Å². The molecule has 0 aliphatic rings. The van der Waals surface area contributed by atoms with Crippen LogP contribution in [0.5, 0.6) is 0 Å². The van der Waals surface area contributed by atoms with E-state index in [4.69, 9.17) is 4.74 Å². The molecule has 2 nitrogen and oxygen atoms in total. The van der Waals surface area contributed by atoms with Crippen LogP contribution in [0.1, 0.15) is 10.6 Å². The number of rotatable bonds is 4. The Morgan fingerprint density at radius 3 is 2.52 bits per heavy atom. The fourth-order valence-electron chi connectivity index (χ4n) is 2.36. The second kappa shape index (κ2) is 6.10. The number of allylic oxidation sites excluding steroid dienone is 1. The average molecular weight is 296 g/mol. The van der Waals surface area contributed by atoms with Crippen LogP contribution in [0.4, 0.5) is 0 Å². The van der Waals surface area contributed by atoms with E-state index in [1.54, 1.807) is 18.4 Å². The van der Waals surface area contributed by atoms with Crippen LogP contribution in [0.25, 0.3) is 16.3 Å². The van der Waals surface area contributed by atoms with Crippen molar-refractivity contribution in [1.82, 2.24) is 0 Å². The molecule has 3 heteroatoms. The third-order valence-electron chi connectivity index (χ3n) is 3.54. The largest absolute Gasteiger partial charge is 0.500 e. The second-order valence-electron chi connectivity index (χ2n) is 4.94. The number of ether oxygens (including phenoxy) is 1. The highest BCUT2D eigenvalue weighted by Gasteiger charge is 2.15. The minimum atomic E-state index is 0.811. The molecule has 2 aromatic carbocycles. The zero-order valence-electron chi connectivity index (χ0n) is 12.2. The summed E-state index contributed by atoms with van der Waals surface area (Å²) in [6.45, 7) is 0. The molecule has 3 aromatic rings. The molecule has 0 saturated heterocycles. The zero-order chi connectivity index (χ0) is 14.7. The van der Waals surface area contributed by atoms with Crippen LogP contribution in [-0.4, -0.2) is 7.11 Å². The van der Waals surface area contributed by atoms with E-state index in [1.807, 2.05) is 6.07 Å². The molecule has 0 amide bonds. The SMILES string of the molecule is CO/C(=C\c1sc2ccccc2[n+]1C)Cc1ccccc1. The topological polar surface area (TPSA) is 13.1 Å². The first kappa shape index (κ1) is 13.8. The lowest BCUT2D eigenvalue weighted by Crippen LogP contribution is -2.29. The number of methoxy groups -OCH3 is 1. The maximum absolute atomic E-state index is 5.56. The molecule has 0 aliphatic carbocycles. The molecule has 0 spiro atoms. The quantitative estimate of drug-likeness (QED) is 0.525. The Morgan fingerprint density at radius 1 is 1.10 bits per heavy atom. The first-order chi connectivity index (χ1) is 10.3. The van der Waals surface area contributed by atoms with Gasteiger partial charge in [0.15, 0.2) is 0 Å². The number of aromatic nitrogens is 1.